The zero-order valence-corrected chi connectivity index (χ0v) is 21.5. The van der Waals surface area contributed by atoms with E-state index >= 15 is 0 Å². The van der Waals surface area contributed by atoms with E-state index in [1.165, 1.54) is 29.5 Å². The van der Waals surface area contributed by atoms with Crippen LogP contribution in [0.1, 0.15) is 44.4 Å². The van der Waals surface area contributed by atoms with Gasteiger partial charge in [0.25, 0.3) is 0 Å². The van der Waals surface area contributed by atoms with Gasteiger partial charge < -0.3 is 15.7 Å². The van der Waals surface area contributed by atoms with Gasteiger partial charge in [-0.05, 0) is 64.1 Å². The molecule has 188 valence electrons. The van der Waals surface area contributed by atoms with Gasteiger partial charge in [-0.3, -0.25) is 4.79 Å². The first-order valence-electron chi connectivity index (χ1n) is 11.8. The maximum absolute atomic E-state index is 13.6. The molecule has 1 amide bonds. The van der Waals surface area contributed by atoms with E-state index in [9.17, 15) is 18.7 Å². The van der Waals surface area contributed by atoms with Gasteiger partial charge in [-0.1, -0.05) is 45.0 Å². The Hall–Kier alpha value is -2.61. The molecule has 4 nitrogen and oxygen atoms in total. The largest absolute Gasteiger partial charge is 0.390 e. The Kier molecular flexibility index (Phi) is 9.16. The summed E-state index contributed by atoms with van der Waals surface area (Å²) in [5, 5.41) is 18.9. The topological polar surface area (TPSA) is 61.4 Å². The standard InChI is InChI=1S/C28H34F2N2O2S/c1-18(33)32-25(13-20-11-22(29)14-23(30)12-20)26(34)17-31-16-21-10-19(15-28(2,3)4)7-8-24(21)27-6-5-9-35-27/h5-12,14,25-26,31,34H,13,15-17H2,1-4H3,(H,32,33). The molecule has 1 heterocycles. The zero-order valence-electron chi connectivity index (χ0n) is 20.7. The normalized spacial score (nSPS) is 13.5. The van der Waals surface area contributed by atoms with Gasteiger partial charge in [0.05, 0.1) is 12.1 Å². The van der Waals surface area contributed by atoms with Crippen molar-refractivity contribution in [2.45, 2.75) is 59.2 Å². The Morgan fingerprint density at radius 2 is 1.77 bits per heavy atom. The van der Waals surface area contributed by atoms with Gasteiger partial charge in [-0.25, -0.2) is 8.78 Å². The third-order valence-corrected chi connectivity index (χ3v) is 6.49. The summed E-state index contributed by atoms with van der Waals surface area (Å²) in [6.07, 6.45) is 0.106. The molecular formula is C28H34F2N2O2S. The number of aliphatic hydroxyl groups excluding tert-OH is 1. The van der Waals surface area contributed by atoms with Crippen molar-refractivity contribution >= 4 is 17.2 Å². The predicted molar refractivity (Wildman–Crippen MR) is 138 cm³/mol. The van der Waals surface area contributed by atoms with E-state index in [-0.39, 0.29) is 24.3 Å². The van der Waals surface area contributed by atoms with Crippen LogP contribution < -0.4 is 10.6 Å². The smallest absolute Gasteiger partial charge is 0.217 e. The molecule has 0 bridgehead atoms. The SMILES string of the molecule is CC(=O)NC(Cc1cc(F)cc(F)c1)C(O)CNCc1cc(CC(C)(C)C)ccc1-c1cccs1. The molecular weight excluding hydrogens is 466 g/mol. The van der Waals surface area contributed by atoms with E-state index < -0.39 is 23.8 Å². The summed E-state index contributed by atoms with van der Waals surface area (Å²) in [5.74, 6) is -1.70. The zero-order chi connectivity index (χ0) is 25.6. The molecule has 0 fully saturated rings. The van der Waals surface area contributed by atoms with Crippen molar-refractivity contribution in [3.8, 4) is 10.4 Å². The molecule has 3 rings (SSSR count). The van der Waals surface area contributed by atoms with Crippen LogP contribution >= 0.6 is 11.3 Å². The van der Waals surface area contributed by atoms with Crippen molar-refractivity contribution < 1.29 is 18.7 Å². The number of benzene rings is 2. The highest BCUT2D eigenvalue weighted by Gasteiger charge is 2.21. The van der Waals surface area contributed by atoms with Crippen LogP contribution in [-0.2, 0) is 24.2 Å². The number of hydrogen-bond donors (Lipinski definition) is 3. The van der Waals surface area contributed by atoms with Crippen LogP contribution in [0, 0.1) is 17.0 Å². The van der Waals surface area contributed by atoms with Crippen molar-refractivity contribution in [1.29, 1.82) is 0 Å². The second kappa shape index (κ2) is 11.9. The Bertz CT molecular complexity index is 1110. The molecule has 0 saturated heterocycles. The van der Waals surface area contributed by atoms with Gasteiger partial charge in [0.1, 0.15) is 11.6 Å². The quantitative estimate of drug-likeness (QED) is 0.346. The summed E-state index contributed by atoms with van der Waals surface area (Å²) in [6.45, 7) is 8.72. The highest BCUT2D eigenvalue weighted by molar-refractivity contribution is 7.13. The third kappa shape index (κ3) is 8.53. The fraction of sp³-hybridized carbons (Fsp3) is 0.393. The van der Waals surface area contributed by atoms with E-state index in [0.717, 1.165) is 23.6 Å². The van der Waals surface area contributed by atoms with E-state index in [1.54, 1.807) is 11.3 Å². The number of amides is 1. The Morgan fingerprint density at radius 3 is 2.37 bits per heavy atom. The van der Waals surface area contributed by atoms with Crippen molar-refractivity contribution in [3.05, 3.63) is 82.2 Å². The molecule has 2 atom stereocenters. The molecule has 7 heteroatoms. The Labute approximate surface area is 210 Å². The summed E-state index contributed by atoms with van der Waals surface area (Å²) < 4.78 is 27.2. The number of rotatable bonds is 10. The number of nitrogens with one attached hydrogen (secondary N) is 2. The summed E-state index contributed by atoms with van der Waals surface area (Å²) in [5.41, 5.74) is 4.06. The Balaban J connectivity index is 1.72. The molecule has 3 aromatic rings. The minimum absolute atomic E-state index is 0.110. The average molecular weight is 501 g/mol. The molecule has 0 aliphatic carbocycles. The molecule has 0 spiro atoms. The predicted octanol–water partition coefficient (Wildman–Crippen LogP) is 5.48. The van der Waals surface area contributed by atoms with E-state index in [1.807, 2.05) is 11.4 Å². The molecule has 2 aromatic carbocycles. The third-order valence-electron chi connectivity index (χ3n) is 5.59. The second-order valence-corrected chi connectivity index (χ2v) is 11.1. The summed E-state index contributed by atoms with van der Waals surface area (Å²) in [6, 6.07) is 13.2. The first-order chi connectivity index (χ1) is 16.5. The van der Waals surface area contributed by atoms with Crippen LogP contribution in [0.5, 0.6) is 0 Å². The van der Waals surface area contributed by atoms with Gasteiger partial charge in [0, 0.05) is 31.0 Å². The number of carbonyl (C=O) groups excluding carboxylic acids is 1. The van der Waals surface area contributed by atoms with Crippen LogP contribution in [0.15, 0.2) is 53.9 Å². The maximum Gasteiger partial charge on any atom is 0.217 e. The van der Waals surface area contributed by atoms with Gasteiger partial charge in [-0.2, -0.15) is 0 Å². The van der Waals surface area contributed by atoms with Crippen molar-refractivity contribution in [2.24, 2.45) is 5.41 Å². The van der Waals surface area contributed by atoms with Gasteiger partial charge >= 0.3 is 0 Å². The molecule has 0 aliphatic rings. The number of halogens is 2. The molecule has 35 heavy (non-hydrogen) atoms. The Morgan fingerprint density at radius 1 is 1.06 bits per heavy atom. The van der Waals surface area contributed by atoms with Crippen molar-refractivity contribution in [1.82, 2.24) is 10.6 Å². The van der Waals surface area contributed by atoms with Crippen LogP contribution in [0.4, 0.5) is 8.78 Å². The molecule has 0 saturated carbocycles. The molecule has 0 radical (unpaired) electrons. The summed E-state index contributed by atoms with van der Waals surface area (Å²) in [7, 11) is 0. The minimum Gasteiger partial charge on any atom is -0.390 e. The highest BCUT2D eigenvalue weighted by atomic mass is 32.1. The minimum atomic E-state index is -0.951. The van der Waals surface area contributed by atoms with E-state index in [2.05, 4.69) is 55.7 Å². The average Bonchev–Trinajstić information content (AvgIpc) is 3.26. The van der Waals surface area contributed by atoms with Crippen LogP contribution in [0.25, 0.3) is 10.4 Å². The monoisotopic (exact) mass is 500 g/mol. The lowest BCUT2D eigenvalue weighted by Crippen LogP contribution is -2.48. The molecule has 3 N–H and O–H groups in total. The maximum atomic E-state index is 13.6. The van der Waals surface area contributed by atoms with E-state index in [0.29, 0.717) is 12.1 Å². The lowest BCUT2D eigenvalue weighted by molar-refractivity contribution is -0.120. The van der Waals surface area contributed by atoms with Crippen LogP contribution in [0.3, 0.4) is 0 Å². The van der Waals surface area contributed by atoms with Gasteiger partial charge in [0.2, 0.25) is 5.91 Å². The fourth-order valence-corrected chi connectivity index (χ4v) is 5.00. The lowest BCUT2D eigenvalue weighted by atomic mass is 9.87. The van der Waals surface area contributed by atoms with Gasteiger partial charge in [-0.15, -0.1) is 11.3 Å². The number of carbonyl (C=O) groups is 1. The van der Waals surface area contributed by atoms with Gasteiger partial charge in [0.15, 0.2) is 0 Å². The highest BCUT2D eigenvalue weighted by Crippen LogP contribution is 2.30. The molecule has 2 unspecified atom stereocenters. The number of hydrogen-bond acceptors (Lipinski definition) is 4. The van der Waals surface area contributed by atoms with Crippen LogP contribution in [-0.4, -0.2) is 29.7 Å². The fourth-order valence-electron chi connectivity index (χ4n) is 4.21. The first-order valence-corrected chi connectivity index (χ1v) is 12.6. The number of aliphatic hydroxyl groups is 1. The summed E-state index contributed by atoms with van der Waals surface area (Å²) in [4.78, 5) is 12.9. The molecule has 0 aliphatic heterocycles. The van der Waals surface area contributed by atoms with Crippen molar-refractivity contribution in [2.75, 3.05) is 6.54 Å². The molecule has 1 aromatic heterocycles. The second-order valence-electron chi connectivity index (χ2n) is 10.2. The lowest BCUT2D eigenvalue weighted by Gasteiger charge is -2.25. The number of thiophene rings is 1. The summed E-state index contributed by atoms with van der Waals surface area (Å²) >= 11 is 1.68. The van der Waals surface area contributed by atoms with E-state index in [4.69, 9.17) is 0 Å². The van der Waals surface area contributed by atoms with Crippen LogP contribution in [0.2, 0.25) is 0 Å². The van der Waals surface area contributed by atoms with Crippen molar-refractivity contribution in [3.63, 3.8) is 0 Å². The first kappa shape index (κ1) is 27.0.